The Morgan fingerprint density at radius 3 is 2.74 bits per heavy atom. The normalized spacial score (nSPS) is 13.7. The van der Waals surface area contributed by atoms with Crippen LogP contribution in [0.4, 0.5) is 0 Å². The number of ether oxygens (including phenoxy) is 1. The van der Waals surface area contributed by atoms with Gasteiger partial charge in [-0.15, -0.1) is 0 Å². The summed E-state index contributed by atoms with van der Waals surface area (Å²) in [4.78, 5) is 11.8. The van der Waals surface area contributed by atoms with Crippen molar-refractivity contribution in [2.75, 3.05) is 13.7 Å². The lowest BCUT2D eigenvalue weighted by molar-refractivity contribution is -0.121. The summed E-state index contributed by atoms with van der Waals surface area (Å²) in [7, 11) is 1.62. The molecule has 1 amide bonds. The van der Waals surface area contributed by atoms with E-state index in [0.29, 0.717) is 6.42 Å². The number of hydrogen-bond acceptors (Lipinski definition) is 3. The van der Waals surface area contributed by atoms with Crippen LogP contribution in [-0.2, 0) is 11.2 Å². The van der Waals surface area contributed by atoms with E-state index in [9.17, 15) is 9.90 Å². The van der Waals surface area contributed by atoms with E-state index in [-0.39, 0.29) is 18.9 Å². The molecule has 0 saturated carbocycles. The van der Waals surface area contributed by atoms with Gasteiger partial charge in [-0.05, 0) is 37.5 Å². The molecule has 0 aliphatic heterocycles. The Balaban J connectivity index is 2.58. The topological polar surface area (TPSA) is 58.6 Å². The lowest BCUT2D eigenvalue weighted by Gasteiger charge is -2.21. The molecule has 19 heavy (non-hydrogen) atoms. The SMILES string of the molecule is CCC(C)(O)CNC(=O)Cc1ccc(C)c(OC)c1. The van der Waals surface area contributed by atoms with Crippen LogP contribution in [0.5, 0.6) is 5.75 Å². The van der Waals surface area contributed by atoms with Gasteiger partial charge in [-0.2, -0.15) is 0 Å². The van der Waals surface area contributed by atoms with Crippen LogP contribution < -0.4 is 10.1 Å². The van der Waals surface area contributed by atoms with Crippen molar-refractivity contribution in [1.29, 1.82) is 0 Å². The second-order valence-electron chi connectivity index (χ2n) is 5.11. The molecule has 4 nitrogen and oxygen atoms in total. The monoisotopic (exact) mass is 265 g/mol. The van der Waals surface area contributed by atoms with Crippen LogP contribution in [0.3, 0.4) is 0 Å². The number of aliphatic hydroxyl groups is 1. The second-order valence-corrected chi connectivity index (χ2v) is 5.11. The number of nitrogens with one attached hydrogen (secondary N) is 1. The summed E-state index contributed by atoms with van der Waals surface area (Å²) in [6.07, 6.45) is 0.891. The number of carbonyl (C=O) groups excluding carboxylic acids is 1. The fraction of sp³-hybridized carbons (Fsp3) is 0.533. The zero-order valence-electron chi connectivity index (χ0n) is 12.1. The van der Waals surface area contributed by atoms with E-state index >= 15 is 0 Å². The van der Waals surface area contributed by atoms with E-state index in [0.717, 1.165) is 16.9 Å². The highest BCUT2D eigenvalue weighted by molar-refractivity contribution is 5.78. The molecule has 4 heteroatoms. The van der Waals surface area contributed by atoms with Crippen molar-refractivity contribution < 1.29 is 14.6 Å². The van der Waals surface area contributed by atoms with E-state index in [1.807, 2.05) is 32.0 Å². The van der Waals surface area contributed by atoms with Gasteiger partial charge in [-0.1, -0.05) is 19.1 Å². The predicted octanol–water partition coefficient (Wildman–Crippen LogP) is 1.82. The van der Waals surface area contributed by atoms with Crippen LogP contribution in [0.25, 0.3) is 0 Å². The molecule has 2 N–H and O–H groups in total. The summed E-state index contributed by atoms with van der Waals surface area (Å²) in [5.74, 6) is 0.686. The molecule has 1 aromatic carbocycles. The number of amides is 1. The minimum absolute atomic E-state index is 0.0976. The van der Waals surface area contributed by atoms with Crippen molar-refractivity contribution in [3.8, 4) is 5.75 Å². The van der Waals surface area contributed by atoms with Gasteiger partial charge in [-0.25, -0.2) is 0 Å². The molecule has 0 fully saturated rings. The van der Waals surface area contributed by atoms with Crippen molar-refractivity contribution in [3.05, 3.63) is 29.3 Å². The molecule has 1 rings (SSSR count). The predicted molar refractivity (Wildman–Crippen MR) is 75.4 cm³/mol. The molecule has 0 aromatic heterocycles. The van der Waals surface area contributed by atoms with Gasteiger partial charge in [0.25, 0.3) is 0 Å². The first-order valence-electron chi connectivity index (χ1n) is 6.50. The number of rotatable bonds is 6. The number of aryl methyl sites for hydroxylation is 1. The zero-order chi connectivity index (χ0) is 14.5. The third-order valence-corrected chi connectivity index (χ3v) is 3.27. The van der Waals surface area contributed by atoms with Crippen molar-refractivity contribution in [1.82, 2.24) is 5.32 Å². The maximum absolute atomic E-state index is 11.8. The van der Waals surface area contributed by atoms with Gasteiger partial charge in [0.05, 0.1) is 19.1 Å². The molecule has 0 heterocycles. The molecule has 0 saturated heterocycles. The maximum atomic E-state index is 11.8. The van der Waals surface area contributed by atoms with Gasteiger partial charge in [0.15, 0.2) is 0 Å². The Morgan fingerprint density at radius 2 is 2.16 bits per heavy atom. The molecule has 0 bridgehead atoms. The lowest BCUT2D eigenvalue weighted by atomic mass is 10.0. The summed E-state index contributed by atoms with van der Waals surface area (Å²) in [5.41, 5.74) is 1.09. The smallest absolute Gasteiger partial charge is 0.224 e. The Labute approximate surface area is 114 Å². The molecule has 0 aliphatic carbocycles. The van der Waals surface area contributed by atoms with E-state index in [1.54, 1.807) is 14.0 Å². The fourth-order valence-corrected chi connectivity index (χ4v) is 1.64. The maximum Gasteiger partial charge on any atom is 0.224 e. The van der Waals surface area contributed by atoms with Crippen molar-refractivity contribution >= 4 is 5.91 Å². The molecule has 1 atom stereocenters. The summed E-state index contributed by atoms with van der Waals surface area (Å²) >= 11 is 0. The average molecular weight is 265 g/mol. The number of hydrogen-bond donors (Lipinski definition) is 2. The molecular weight excluding hydrogens is 242 g/mol. The van der Waals surface area contributed by atoms with Crippen LogP contribution in [-0.4, -0.2) is 30.3 Å². The van der Waals surface area contributed by atoms with Gasteiger partial charge in [0.1, 0.15) is 5.75 Å². The first-order valence-corrected chi connectivity index (χ1v) is 6.50. The van der Waals surface area contributed by atoms with E-state index in [2.05, 4.69) is 5.32 Å². The van der Waals surface area contributed by atoms with Crippen LogP contribution in [0.15, 0.2) is 18.2 Å². The van der Waals surface area contributed by atoms with Crippen LogP contribution in [0.2, 0.25) is 0 Å². The summed E-state index contributed by atoms with van der Waals surface area (Å²) in [6.45, 7) is 5.83. The zero-order valence-corrected chi connectivity index (χ0v) is 12.1. The molecule has 0 spiro atoms. The third kappa shape index (κ3) is 4.91. The first-order chi connectivity index (χ1) is 8.88. The number of methoxy groups -OCH3 is 1. The van der Waals surface area contributed by atoms with Gasteiger partial charge in [-0.3, -0.25) is 4.79 Å². The molecule has 1 unspecified atom stereocenters. The van der Waals surface area contributed by atoms with Crippen molar-refractivity contribution in [2.45, 2.75) is 39.2 Å². The van der Waals surface area contributed by atoms with E-state index < -0.39 is 5.60 Å². The second kappa shape index (κ2) is 6.57. The van der Waals surface area contributed by atoms with Crippen LogP contribution in [0, 0.1) is 6.92 Å². The Bertz CT molecular complexity index is 441. The highest BCUT2D eigenvalue weighted by Gasteiger charge is 2.18. The minimum Gasteiger partial charge on any atom is -0.496 e. The largest absolute Gasteiger partial charge is 0.496 e. The van der Waals surface area contributed by atoms with Gasteiger partial charge in [0.2, 0.25) is 5.91 Å². The molecule has 1 aromatic rings. The van der Waals surface area contributed by atoms with Gasteiger partial charge in [0, 0.05) is 6.54 Å². The molecule has 0 aliphatic rings. The molecule has 0 radical (unpaired) electrons. The van der Waals surface area contributed by atoms with Gasteiger partial charge < -0.3 is 15.2 Å². The van der Waals surface area contributed by atoms with Gasteiger partial charge >= 0.3 is 0 Å². The molecule has 106 valence electrons. The standard InChI is InChI=1S/C15H23NO3/c1-5-15(3,18)10-16-14(17)9-12-7-6-11(2)13(8-12)19-4/h6-8,18H,5,9-10H2,1-4H3,(H,16,17). The summed E-state index contributed by atoms with van der Waals surface area (Å²) in [5, 5.41) is 12.6. The first kappa shape index (κ1) is 15.5. The lowest BCUT2D eigenvalue weighted by Crippen LogP contribution is -2.40. The highest BCUT2D eigenvalue weighted by atomic mass is 16.5. The van der Waals surface area contributed by atoms with Crippen LogP contribution in [0.1, 0.15) is 31.4 Å². The van der Waals surface area contributed by atoms with Crippen LogP contribution >= 0.6 is 0 Å². The highest BCUT2D eigenvalue weighted by Crippen LogP contribution is 2.19. The Morgan fingerprint density at radius 1 is 1.47 bits per heavy atom. The van der Waals surface area contributed by atoms with E-state index in [1.165, 1.54) is 0 Å². The molecular formula is C15H23NO3. The van der Waals surface area contributed by atoms with E-state index in [4.69, 9.17) is 4.74 Å². The Hall–Kier alpha value is -1.55. The average Bonchev–Trinajstić information content (AvgIpc) is 2.39. The quantitative estimate of drug-likeness (QED) is 0.825. The summed E-state index contributed by atoms with van der Waals surface area (Å²) < 4.78 is 5.23. The minimum atomic E-state index is -0.847. The van der Waals surface area contributed by atoms with Crippen molar-refractivity contribution in [3.63, 3.8) is 0 Å². The van der Waals surface area contributed by atoms with Crippen molar-refractivity contribution in [2.24, 2.45) is 0 Å². The Kier molecular flexibility index (Phi) is 5.36. The number of carbonyl (C=O) groups is 1. The third-order valence-electron chi connectivity index (χ3n) is 3.27. The summed E-state index contributed by atoms with van der Waals surface area (Å²) in [6, 6.07) is 5.71. The number of benzene rings is 1. The fourth-order valence-electron chi connectivity index (χ4n) is 1.64.